The average Bonchev–Trinajstić information content (AvgIpc) is 3.26. The van der Waals surface area contributed by atoms with Gasteiger partial charge in [0.15, 0.2) is 5.78 Å². The number of benzene rings is 1. The Morgan fingerprint density at radius 1 is 1.12 bits per heavy atom. The molecule has 0 radical (unpaired) electrons. The molecule has 3 atom stereocenters. The molecule has 0 bridgehead atoms. The number of phenolic OH excluding ortho intramolecular Hbond substituents is 1. The number of carbonyl (C=O) groups is 3. The van der Waals surface area contributed by atoms with E-state index >= 15 is 0 Å². The molecule has 4 rings (SSSR count). The van der Waals surface area contributed by atoms with Crippen LogP contribution in [0.2, 0.25) is 0 Å². The topological polar surface area (TPSA) is 102 Å². The molecule has 1 aromatic carbocycles. The van der Waals surface area contributed by atoms with E-state index in [1.165, 1.54) is 19.2 Å². The highest BCUT2D eigenvalue weighted by atomic mass is 16.5. The van der Waals surface area contributed by atoms with E-state index in [1.807, 2.05) is 13.8 Å². The van der Waals surface area contributed by atoms with Crippen LogP contribution in [0.4, 0.5) is 0 Å². The zero-order valence-electron chi connectivity index (χ0n) is 18.6. The van der Waals surface area contributed by atoms with Crippen molar-refractivity contribution in [2.45, 2.75) is 58.0 Å². The van der Waals surface area contributed by atoms with Crippen LogP contribution in [0, 0.1) is 11.8 Å². The fourth-order valence-corrected chi connectivity index (χ4v) is 5.17. The maximum atomic E-state index is 13.6. The van der Waals surface area contributed by atoms with E-state index in [0.717, 1.165) is 31.4 Å². The second kappa shape index (κ2) is 8.81. The number of dihydropyridines is 1. The first kappa shape index (κ1) is 22.1. The molecule has 0 aromatic heterocycles. The number of hydrogen-bond acceptors (Lipinski definition) is 7. The normalized spacial score (nSPS) is 26.0. The first-order valence-electron chi connectivity index (χ1n) is 11.1. The summed E-state index contributed by atoms with van der Waals surface area (Å²) in [7, 11) is 1.28. The number of hydrogen-bond donors (Lipinski definition) is 2. The third-order valence-corrected chi connectivity index (χ3v) is 6.77. The number of allylic oxidation sites excluding steroid dienone is 3. The molecule has 0 unspecified atom stereocenters. The summed E-state index contributed by atoms with van der Waals surface area (Å²) in [6.45, 7) is 3.66. The van der Waals surface area contributed by atoms with Gasteiger partial charge in [0.1, 0.15) is 17.8 Å². The summed E-state index contributed by atoms with van der Waals surface area (Å²) in [5.41, 5.74) is 2.80. The number of ether oxygens (including phenoxy) is 2. The highest BCUT2D eigenvalue weighted by molar-refractivity contribution is 6.12. The van der Waals surface area contributed by atoms with Gasteiger partial charge < -0.3 is 19.9 Å². The molecule has 0 saturated heterocycles. The summed E-state index contributed by atoms with van der Waals surface area (Å²) in [6.07, 6.45) is 4.10. The molecule has 1 aliphatic heterocycles. The monoisotopic (exact) mass is 439 g/mol. The van der Waals surface area contributed by atoms with Gasteiger partial charge in [0.2, 0.25) is 0 Å². The molecule has 32 heavy (non-hydrogen) atoms. The minimum Gasteiger partial charge on any atom is -0.508 e. The molecule has 2 aliphatic carbocycles. The van der Waals surface area contributed by atoms with E-state index < -0.39 is 23.8 Å². The number of nitrogens with one attached hydrogen (secondary N) is 1. The van der Waals surface area contributed by atoms with Gasteiger partial charge in [-0.05, 0) is 62.6 Å². The SMILES string of the molecule is COC(=O)[C@@H]1C(=O)C2=C(C[C@@H]1C)NC(C)=C(C(=O)OC1CCCC1)[C@H]2c1ccc(O)cc1. The van der Waals surface area contributed by atoms with Gasteiger partial charge >= 0.3 is 11.9 Å². The van der Waals surface area contributed by atoms with Gasteiger partial charge in [-0.25, -0.2) is 4.79 Å². The van der Waals surface area contributed by atoms with Crippen LogP contribution >= 0.6 is 0 Å². The van der Waals surface area contributed by atoms with Crippen molar-refractivity contribution < 1.29 is 29.0 Å². The molecule has 0 amide bonds. The third kappa shape index (κ3) is 3.92. The largest absolute Gasteiger partial charge is 0.508 e. The Morgan fingerprint density at radius 3 is 2.41 bits per heavy atom. The van der Waals surface area contributed by atoms with Gasteiger partial charge in [0.25, 0.3) is 0 Å². The van der Waals surface area contributed by atoms with Crippen molar-refractivity contribution in [3.8, 4) is 5.75 Å². The zero-order valence-corrected chi connectivity index (χ0v) is 18.6. The number of methoxy groups -OCH3 is 1. The van der Waals surface area contributed by atoms with Crippen LogP contribution in [-0.2, 0) is 23.9 Å². The molecule has 7 nitrogen and oxygen atoms in total. The predicted octanol–water partition coefficient (Wildman–Crippen LogP) is 3.49. The van der Waals surface area contributed by atoms with Crippen molar-refractivity contribution >= 4 is 17.7 Å². The summed E-state index contributed by atoms with van der Waals surface area (Å²) < 4.78 is 10.7. The van der Waals surface area contributed by atoms with Crippen LogP contribution in [0.1, 0.15) is 57.4 Å². The number of carbonyl (C=O) groups excluding carboxylic acids is 3. The van der Waals surface area contributed by atoms with Crippen LogP contribution in [-0.4, -0.2) is 36.0 Å². The minimum absolute atomic E-state index is 0.0868. The van der Waals surface area contributed by atoms with E-state index in [-0.39, 0.29) is 23.6 Å². The van der Waals surface area contributed by atoms with E-state index in [9.17, 15) is 19.5 Å². The van der Waals surface area contributed by atoms with Crippen LogP contribution in [0.5, 0.6) is 5.75 Å². The number of Topliss-reactive ketones (excluding diaryl/α,β-unsaturated/α-hetero) is 1. The molecule has 1 heterocycles. The quantitative estimate of drug-likeness (QED) is 0.547. The standard InChI is InChI=1S/C25H29NO6/c1-13-12-18-22(23(28)19(13)24(29)31-3)21(15-8-10-16(27)11-9-15)20(14(2)26-18)25(30)32-17-6-4-5-7-17/h8-11,13,17,19,21,26-27H,4-7,12H2,1-3H3/t13-,19-,21+/m0/s1. The lowest BCUT2D eigenvalue weighted by Gasteiger charge is -2.38. The number of rotatable bonds is 4. The molecule has 0 spiro atoms. The highest BCUT2D eigenvalue weighted by Crippen LogP contribution is 2.46. The molecule has 1 aromatic rings. The van der Waals surface area contributed by atoms with Crippen molar-refractivity contribution in [3.63, 3.8) is 0 Å². The first-order valence-corrected chi connectivity index (χ1v) is 11.1. The van der Waals surface area contributed by atoms with E-state index in [2.05, 4.69) is 5.32 Å². The molecule has 1 fully saturated rings. The predicted molar refractivity (Wildman–Crippen MR) is 116 cm³/mol. The van der Waals surface area contributed by atoms with Crippen LogP contribution in [0.15, 0.2) is 46.8 Å². The number of phenols is 1. The van der Waals surface area contributed by atoms with E-state index in [1.54, 1.807) is 12.1 Å². The lowest BCUT2D eigenvalue weighted by Crippen LogP contribution is -2.43. The maximum absolute atomic E-state index is 13.6. The third-order valence-electron chi connectivity index (χ3n) is 6.77. The Balaban J connectivity index is 1.79. The molecule has 3 aliphatic rings. The Kier molecular flexibility index (Phi) is 6.09. The van der Waals surface area contributed by atoms with E-state index in [0.29, 0.717) is 28.8 Å². The highest BCUT2D eigenvalue weighted by Gasteiger charge is 2.47. The van der Waals surface area contributed by atoms with Gasteiger partial charge in [-0.2, -0.15) is 0 Å². The number of aromatic hydroxyl groups is 1. The second-order valence-electron chi connectivity index (χ2n) is 8.94. The number of esters is 2. The zero-order chi connectivity index (χ0) is 23.0. The fraction of sp³-hybridized carbons (Fsp3) is 0.480. The van der Waals surface area contributed by atoms with Gasteiger partial charge in [0.05, 0.1) is 12.7 Å². The Bertz CT molecular complexity index is 1000. The van der Waals surface area contributed by atoms with Crippen LogP contribution in [0.3, 0.4) is 0 Å². The molecular weight excluding hydrogens is 410 g/mol. The molecule has 1 saturated carbocycles. The fourth-order valence-electron chi connectivity index (χ4n) is 5.17. The number of ketones is 1. The van der Waals surface area contributed by atoms with Crippen molar-refractivity contribution in [3.05, 3.63) is 52.4 Å². The van der Waals surface area contributed by atoms with Gasteiger partial charge in [-0.1, -0.05) is 19.1 Å². The van der Waals surface area contributed by atoms with Gasteiger partial charge in [-0.15, -0.1) is 0 Å². The smallest absolute Gasteiger partial charge is 0.337 e. The average molecular weight is 440 g/mol. The van der Waals surface area contributed by atoms with E-state index in [4.69, 9.17) is 9.47 Å². The lowest BCUT2D eigenvalue weighted by atomic mass is 9.69. The Hall–Kier alpha value is -3.09. The van der Waals surface area contributed by atoms with Crippen molar-refractivity contribution in [2.24, 2.45) is 11.8 Å². The van der Waals surface area contributed by atoms with Crippen molar-refractivity contribution in [1.29, 1.82) is 0 Å². The summed E-state index contributed by atoms with van der Waals surface area (Å²) in [6, 6.07) is 6.45. The van der Waals surface area contributed by atoms with Crippen LogP contribution in [0.25, 0.3) is 0 Å². The molecule has 2 N–H and O–H groups in total. The van der Waals surface area contributed by atoms with Crippen molar-refractivity contribution in [2.75, 3.05) is 7.11 Å². The minimum atomic E-state index is -0.925. The molecule has 7 heteroatoms. The van der Waals surface area contributed by atoms with Crippen LogP contribution < -0.4 is 5.32 Å². The summed E-state index contributed by atoms with van der Waals surface area (Å²) in [4.78, 5) is 39.4. The van der Waals surface area contributed by atoms with Gasteiger partial charge in [-0.3, -0.25) is 9.59 Å². The summed E-state index contributed by atoms with van der Waals surface area (Å²) in [5, 5.41) is 13.0. The maximum Gasteiger partial charge on any atom is 0.337 e. The summed E-state index contributed by atoms with van der Waals surface area (Å²) in [5.74, 6) is -3.12. The molecule has 170 valence electrons. The second-order valence-corrected chi connectivity index (χ2v) is 8.94. The molecular formula is C25H29NO6. The Labute approximate surface area is 187 Å². The lowest BCUT2D eigenvalue weighted by molar-refractivity contribution is -0.151. The Morgan fingerprint density at radius 2 is 1.78 bits per heavy atom. The first-order chi connectivity index (χ1) is 15.3. The van der Waals surface area contributed by atoms with Crippen molar-refractivity contribution in [1.82, 2.24) is 5.32 Å². The summed E-state index contributed by atoms with van der Waals surface area (Å²) >= 11 is 0. The van der Waals surface area contributed by atoms with Gasteiger partial charge in [0, 0.05) is 22.9 Å².